The lowest BCUT2D eigenvalue weighted by atomic mass is 10.1. The van der Waals surface area contributed by atoms with E-state index in [2.05, 4.69) is 0 Å². The molecule has 2 N–H and O–H groups in total. The number of sulfonamides is 1. The van der Waals surface area contributed by atoms with E-state index in [1.165, 1.54) is 23.9 Å². The number of benzene rings is 3. The summed E-state index contributed by atoms with van der Waals surface area (Å²) in [6, 6.07) is 25.8. The lowest BCUT2D eigenvalue weighted by Crippen LogP contribution is -2.11. The van der Waals surface area contributed by atoms with Gasteiger partial charge in [-0.2, -0.15) is 0 Å². The second-order valence-corrected chi connectivity index (χ2v) is 9.21. The van der Waals surface area contributed by atoms with Gasteiger partial charge >= 0.3 is 0 Å². The van der Waals surface area contributed by atoms with Crippen LogP contribution in [0.2, 0.25) is 0 Å². The number of nitrogens with zero attached hydrogens (tertiary/aromatic N) is 1. The summed E-state index contributed by atoms with van der Waals surface area (Å²) in [5.74, 6) is 1.91. The molecule has 3 aromatic carbocycles. The van der Waals surface area contributed by atoms with E-state index >= 15 is 0 Å². The molecule has 31 heavy (non-hydrogen) atoms. The Morgan fingerprint density at radius 2 is 1.48 bits per heavy atom. The minimum atomic E-state index is -3.71. The van der Waals surface area contributed by atoms with Crippen LogP contribution in [0.15, 0.2) is 99.5 Å². The monoisotopic (exact) mass is 452 g/mol. The number of primary sulfonamides is 1. The Hall–Kier alpha value is -3.07. The molecule has 0 aliphatic heterocycles. The zero-order valence-corrected chi connectivity index (χ0v) is 18.1. The number of ether oxygens (including phenoxy) is 1. The first-order valence-electron chi connectivity index (χ1n) is 9.51. The molecule has 0 unspecified atom stereocenters. The first-order valence-corrected chi connectivity index (χ1v) is 12.0. The third-order valence-corrected chi connectivity index (χ3v) is 6.14. The fraction of sp³-hybridized carbons (Fsp3) is 0.0870. The van der Waals surface area contributed by atoms with Crippen LogP contribution < -0.4 is 9.88 Å². The smallest absolute Gasteiger partial charge is 0.256 e. The minimum absolute atomic E-state index is 0.0518. The molecule has 1 heterocycles. The highest BCUT2D eigenvalue weighted by atomic mass is 32.2. The van der Waals surface area contributed by atoms with Gasteiger partial charge in [0.1, 0.15) is 11.4 Å². The number of aromatic nitrogens is 1. The summed E-state index contributed by atoms with van der Waals surface area (Å²) in [6.45, 7) is 0.406. The molecule has 0 saturated heterocycles. The highest BCUT2D eigenvalue weighted by Gasteiger charge is 2.17. The van der Waals surface area contributed by atoms with Gasteiger partial charge in [-0.05, 0) is 24.3 Å². The molecule has 4 aromatic rings. The lowest BCUT2D eigenvalue weighted by Gasteiger charge is -2.05. The van der Waals surface area contributed by atoms with Crippen molar-refractivity contribution in [2.45, 2.75) is 10.1 Å². The van der Waals surface area contributed by atoms with Crippen LogP contribution >= 0.6 is 11.8 Å². The van der Waals surface area contributed by atoms with Gasteiger partial charge in [-0.1, -0.05) is 72.4 Å². The molecule has 0 aliphatic carbocycles. The number of hydrogen-bond acceptors (Lipinski definition) is 6. The maximum atomic E-state index is 11.3. The molecule has 4 rings (SSSR count). The van der Waals surface area contributed by atoms with E-state index in [0.717, 1.165) is 22.6 Å². The van der Waals surface area contributed by atoms with Crippen LogP contribution in [0.4, 0.5) is 0 Å². The van der Waals surface area contributed by atoms with Crippen molar-refractivity contribution in [1.82, 2.24) is 4.98 Å². The van der Waals surface area contributed by atoms with Crippen molar-refractivity contribution in [3.63, 3.8) is 0 Å². The van der Waals surface area contributed by atoms with Crippen molar-refractivity contribution in [1.29, 1.82) is 0 Å². The lowest BCUT2D eigenvalue weighted by molar-refractivity contribution is 0.343. The summed E-state index contributed by atoms with van der Waals surface area (Å²) in [6.07, 6.45) is 0. The second-order valence-electron chi connectivity index (χ2n) is 6.60. The molecule has 0 fully saturated rings. The van der Waals surface area contributed by atoms with Crippen molar-refractivity contribution in [2.75, 3.05) is 12.4 Å². The highest BCUT2D eigenvalue weighted by Crippen LogP contribution is 2.35. The van der Waals surface area contributed by atoms with E-state index in [4.69, 9.17) is 19.3 Å². The molecule has 0 atom stereocenters. The largest absolute Gasteiger partial charge is 0.493 e. The molecular weight excluding hydrogens is 432 g/mol. The number of nitrogens with two attached hydrogens (primary N) is 1. The molecule has 0 radical (unpaired) electrons. The predicted molar refractivity (Wildman–Crippen MR) is 121 cm³/mol. The molecule has 0 saturated carbocycles. The van der Waals surface area contributed by atoms with E-state index in [1.54, 1.807) is 12.1 Å². The SMILES string of the molecule is NS(=O)(=O)c1ccc(OCCSc2nc(-c3ccccc3)c(-c3ccccc3)o2)cc1. The second kappa shape index (κ2) is 9.38. The summed E-state index contributed by atoms with van der Waals surface area (Å²) < 4.78 is 34.4. The molecular formula is C23H20N2O4S2. The van der Waals surface area contributed by atoms with Crippen LogP contribution in [0.25, 0.3) is 22.6 Å². The van der Waals surface area contributed by atoms with Gasteiger partial charge in [-0.3, -0.25) is 0 Å². The van der Waals surface area contributed by atoms with Crippen LogP contribution in [0, 0.1) is 0 Å². The van der Waals surface area contributed by atoms with Gasteiger partial charge in [0.2, 0.25) is 10.0 Å². The minimum Gasteiger partial charge on any atom is -0.493 e. The Morgan fingerprint density at radius 1 is 0.871 bits per heavy atom. The third kappa shape index (κ3) is 5.35. The number of rotatable bonds is 8. The Balaban J connectivity index is 1.44. The summed E-state index contributed by atoms with van der Waals surface area (Å²) in [4.78, 5) is 4.75. The predicted octanol–water partition coefficient (Wildman–Crippen LogP) is 4.83. The Kier molecular flexibility index (Phi) is 6.41. The van der Waals surface area contributed by atoms with Gasteiger partial charge in [0.25, 0.3) is 5.22 Å². The van der Waals surface area contributed by atoms with Gasteiger partial charge in [0, 0.05) is 16.9 Å². The van der Waals surface area contributed by atoms with E-state index in [0.29, 0.717) is 23.3 Å². The number of oxazole rings is 1. The highest BCUT2D eigenvalue weighted by molar-refractivity contribution is 7.99. The normalized spacial score (nSPS) is 11.4. The van der Waals surface area contributed by atoms with Gasteiger partial charge in [0.05, 0.1) is 11.5 Å². The van der Waals surface area contributed by atoms with Gasteiger partial charge in [-0.15, -0.1) is 0 Å². The molecule has 0 bridgehead atoms. The first-order chi connectivity index (χ1) is 15.0. The molecule has 1 aromatic heterocycles. The maximum absolute atomic E-state index is 11.3. The van der Waals surface area contributed by atoms with E-state index in [-0.39, 0.29) is 4.90 Å². The molecule has 6 nitrogen and oxygen atoms in total. The number of hydrogen-bond donors (Lipinski definition) is 1. The van der Waals surface area contributed by atoms with Crippen molar-refractivity contribution in [3.05, 3.63) is 84.9 Å². The summed E-state index contributed by atoms with van der Waals surface area (Å²) in [7, 11) is -3.71. The quantitative estimate of drug-likeness (QED) is 0.304. The Morgan fingerprint density at radius 3 is 2.10 bits per heavy atom. The molecule has 0 aliphatic rings. The molecule has 158 valence electrons. The van der Waals surface area contributed by atoms with Crippen LogP contribution in [-0.2, 0) is 10.0 Å². The number of thioether (sulfide) groups is 1. The fourth-order valence-corrected chi connectivity index (χ4v) is 4.11. The molecule has 8 heteroatoms. The van der Waals surface area contributed by atoms with E-state index in [9.17, 15) is 8.42 Å². The Bertz CT molecular complexity index is 1180. The third-order valence-electron chi connectivity index (χ3n) is 4.42. The van der Waals surface area contributed by atoms with Crippen LogP contribution in [0.5, 0.6) is 5.75 Å². The van der Waals surface area contributed by atoms with E-state index < -0.39 is 10.0 Å². The Labute approximate surface area is 185 Å². The van der Waals surface area contributed by atoms with Gasteiger partial charge in [-0.25, -0.2) is 18.5 Å². The average Bonchev–Trinajstić information content (AvgIpc) is 3.22. The summed E-state index contributed by atoms with van der Waals surface area (Å²) >= 11 is 1.45. The summed E-state index contributed by atoms with van der Waals surface area (Å²) in [5, 5.41) is 5.66. The zero-order valence-electron chi connectivity index (χ0n) is 16.5. The molecule has 0 amide bonds. The maximum Gasteiger partial charge on any atom is 0.256 e. The average molecular weight is 453 g/mol. The molecule has 0 spiro atoms. The van der Waals surface area contributed by atoms with Gasteiger partial charge in [0.15, 0.2) is 5.76 Å². The zero-order chi connectivity index (χ0) is 21.7. The van der Waals surface area contributed by atoms with Crippen molar-refractivity contribution in [3.8, 4) is 28.3 Å². The fourth-order valence-electron chi connectivity index (χ4n) is 2.95. The summed E-state index contributed by atoms with van der Waals surface area (Å²) in [5.41, 5.74) is 2.75. The van der Waals surface area contributed by atoms with E-state index in [1.807, 2.05) is 60.7 Å². The first kappa shape index (κ1) is 21.2. The topological polar surface area (TPSA) is 95.4 Å². The van der Waals surface area contributed by atoms with Crippen molar-refractivity contribution < 1.29 is 17.6 Å². The van der Waals surface area contributed by atoms with Crippen LogP contribution in [0.1, 0.15) is 0 Å². The van der Waals surface area contributed by atoms with Crippen LogP contribution in [0.3, 0.4) is 0 Å². The van der Waals surface area contributed by atoms with Crippen LogP contribution in [-0.4, -0.2) is 25.8 Å². The van der Waals surface area contributed by atoms with Crippen molar-refractivity contribution in [2.24, 2.45) is 5.14 Å². The standard InChI is InChI=1S/C23H20N2O4S2/c24-31(26,27)20-13-11-19(12-14-20)28-15-16-30-23-25-21(17-7-3-1-4-8-17)22(29-23)18-9-5-2-6-10-18/h1-14H,15-16H2,(H2,24,26,27). The van der Waals surface area contributed by atoms with Crippen molar-refractivity contribution >= 4 is 21.8 Å². The van der Waals surface area contributed by atoms with Gasteiger partial charge < -0.3 is 9.15 Å².